The Balaban J connectivity index is 2.00. The molecule has 0 saturated carbocycles. The Bertz CT molecular complexity index is 1350. The van der Waals surface area contributed by atoms with Crippen molar-refractivity contribution < 1.29 is 14.7 Å². The molecule has 10 heteroatoms. The summed E-state index contributed by atoms with van der Waals surface area (Å²) in [5.74, 6) is -1.65. The van der Waals surface area contributed by atoms with Gasteiger partial charge in [0, 0.05) is 5.56 Å². The summed E-state index contributed by atoms with van der Waals surface area (Å²) in [4.78, 5) is 28.5. The van der Waals surface area contributed by atoms with Crippen LogP contribution in [-0.2, 0) is 4.79 Å². The molecule has 2 aromatic carbocycles. The highest BCUT2D eigenvalue weighted by molar-refractivity contribution is 8.00. The van der Waals surface area contributed by atoms with Crippen LogP contribution < -0.4 is 11.1 Å². The van der Waals surface area contributed by atoms with E-state index in [1.165, 1.54) is 18.2 Å². The second-order valence-electron chi connectivity index (χ2n) is 7.02. The fourth-order valence-electron chi connectivity index (χ4n) is 3.20. The van der Waals surface area contributed by atoms with E-state index in [0.29, 0.717) is 17.5 Å². The molecule has 1 atom stereocenters. The number of hydrogen-bond donors (Lipinski definition) is 3. The van der Waals surface area contributed by atoms with Crippen molar-refractivity contribution in [3.63, 3.8) is 0 Å². The van der Waals surface area contributed by atoms with E-state index in [1.54, 1.807) is 31.2 Å². The first kappa shape index (κ1) is 24.6. The summed E-state index contributed by atoms with van der Waals surface area (Å²) in [7, 11) is 0. The second-order valence-corrected chi connectivity index (χ2v) is 8.62. The highest BCUT2D eigenvalue weighted by atomic mass is 35.5. The predicted molar refractivity (Wildman–Crippen MR) is 130 cm³/mol. The van der Waals surface area contributed by atoms with Crippen molar-refractivity contribution in [2.24, 2.45) is 0 Å². The van der Waals surface area contributed by atoms with Gasteiger partial charge in [-0.2, -0.15) is 10.5 Å². The van der Waals surface area contributed by atoms with Crippen LogP contribution >= 0.6 is 23.4 Å². The largest absolute Gasteiger partial charge is 0.478 e. The lowest BCUT2D eigenvalue weighted by molar-refractivity contribution is -0.115. The quantitative estimate of drug-likeness (QED) is 0.393. The van der Waals surface area contributed by atoms with Crippen molar-refractivity contribution in [1.82, 2.24) is 4.98 Å². The van der Waals surface area contributed by atoms with Crippen LogP contribution in [0.15, 0.2) is 53.6 Å². The number of rotatable bonds is 7. The Labute approximate surface area is 205 Å². The van der Waals surface area contributed by atoms with E-state index >= 15 is 0 Å². The molecule has 0 aliphatic heterocycles. The molecule has 0 bridgehead atoms. The van der Waals surface area contributed by atoms with Gasteiger partial charge in [0.15, 0.2) is 0 Å². The molecule has 3 rings (SSSR count). The number of nitrogens with one attached hydrogen (secondary N) is 1. The first-order valence-corrected chi connectivity index (χ1v) is 11.3. The third-order valence-electron chi connectivity index (χ3n) is 4.87. The van der Waals surface area contributed by atoms with Gasteiger partial charge >= 0.3 is 5.97 Å². The number of carbonyl (C=O) groups is 2. The molecule has 1 amide bonds. The van der Waals surface area contributed by atoms with Crippen LogP contribution in [0.1, 0.15) is 34.8 Å². The zero-order chi connectivity index (χ0) is 24.8. The molecular weight excluding hydrogens is 474 g/mol. The lowest BCUT2D eigenvalue weighted by Gasteiger charge is -2.18. The van der Waals surface area contributed by atoms with Crippen LogP contribution in [-0.4, -0.2) is 27.2 Å². The molecule has 3 aromatic rings. The summed E-state index contributed by atoms with van der Waals surface area (Å²) >= 11 is 7.16. The Hall–Kier alpha value is -4.05. The van der Waals surface area contributed by atoms with Gasteiger partial charge in [0.25, 0.3) is 0 Å². The number of carbonyl (C=O) groups excluding carboxylic acids is 1. The van der Waals surface area contributed by atoms with E-state index in [2.05, 4.69) is 16.4 Å². The number of nitrogens with two attached hydrogens (primary N) is 1. The normalized spacial score (nSPS) is 11.2. The summed E-state index contributed by atoms with van der Waals surface area (Å²) in [5, 5.41) is 31.1. The van der Waals surface area contributed by atoms with E-state index in [1.807, 2.05) is 12.1 Å². The predicted octanol–water partition coefficient (Wildman–Crippen LogP) is 4.94. The number of benzene rings is 2. The zero-order valence-electron chi connectivity index (χ0n) is 17.9. The maximum Gasteiger partial charge on any atom is 0.335 e. The molecule has 1 aromatic heterocycles. The average Bonchev–Trinajstić information content (AvgIpc) is 2.83. The third kappa shape index (κ3) is 5.12. The summed E-state index contributed by atoms with van der Waals surface area (Å²) in [6.07, 6.45) is 0.361. The number of nitriles is 2. The number of carboxylic acid groups (broad SMARTS) is 1. The molecule has 0 fully saturated rings. The van der Waals surface area contributed by atoms with Crippen LogP contribution in [0, 0.1) is 22.7 Å². The van der Waals surface area contributed by atoms with E-state index in [0.717, 1.165) is 11.8 Å². The molecule has 0 aliphatic rings. The van der Waals surface area contributed by atoms with Crippen LogP contribution in [0.5, 0.6) is 0 Å². The number of thioether (sulfide) groups is 1. The molecule has 170 valence electrons. The highest BCUT2D eigenvalue weighted by Gasteiger charge is 2.26. The molecule has 0 saturated heterocycles. The van der Waals surface area contributed by atoms with Gasteiger partial charge in [0.05, 0.1) is 27.1 Å². The Kier molecular flexibility index (Phi) is 7.75. The number of nitrogens with zero attached hydrogens (tertiary/aromatic N) is 3. The number of aromatic carboxylic acids is 1. The van der Waals surface area contributed by atoms with Gasteiger partial charge in [0.1, 0.15) is 28.5 Å². The Morgan fingerprint density at radius 3 is 2.44 bits per heavy atom. The van der Waals surface area contributed by atoms with E-state index in [9.17, 15) is 25.2 Å². The number of carboxylic acids is 1. The first-order chi connectivity index (χ1) is 16.3. The molecule has 1 unspecified atom stereocenters. The van der Waals surface area contributed by atoms with E-state index in [4.69, 9.17) is 17.3 Å². The molecule has 4 N–H and O–H groups in total. The van der Waals surface area contributed by atoms with Crippen molar-refractivity contribution in [2.45, 2.75) is 23.6 Å². The van der Waals surface area contributed by atoms with Gasteiger partial charge in [-0.1, -0.05) is 60.6 Å². The minimum Gasteiger partial charge on any atom is -0.478 e. The molecule has 0 radical (unpaired) electrons. The topological polar surface area (TPSA) is 153 Å². The first-order valence-electron chi connectivity index (χ1n) is 10.00. The maximum absolute atomic E-state index is 13.0. The standard InChI is InChI=1S/C24H18ClN5O3S/c1-2-19(22(31)29-18-10-14(24(32)33)8-9-17(18)25)34-23-16(12-27)20(13-6-4-3-5-7-13)15(11-26)21(28)30-23/h3-10,19H,2H2,1H3,(H2,28,30)(H,29,31)(H,32,33). The van der Waals surface area contributed by atoms with Gasteiger partial charge in [-0.05, 0) is 30.2 Å². The molecule has 34 heavy (non-hydrogen) atoms. The maximum atomic E-state index is 13.0. The monoisotopic (exact) mass is 491 g/mol. The van der Waals surface area contributed by atoms with Gasteiger partial charge in [-0.25, -0.2) is 9.78 Å². The Morgan fingerprint density at radius 1 is 1.18 bits per heavy atom. The summed E-state index contributed by atoms with van der Waals surface area (Å²) < 4.78 is 0. The smallest absolute Gasteiger partial charge is 0.335 e. The fraction of sp³-hybridized carbons (Fsp3) is 0.125. The molecular formula is C24H18ClN5O3S. The minimum absolute atomic E-state index is 0.0267. The number of aromatic nitrogens is 1. The number of hydrogen-bond acceptors (Lipinski definition) is 7. The Morgan fingerprint density at radius 2 is 1.85 bits per heavy atom. The number of pyridine rings is 1. The van der Waals surface area contributed by atoms with Crippen LogP contribution in [0.2, 0.25) is 5.02 Å². The number of nitrogen functional groups attached to an aromatic ring is 1. The molecule has 0 aliphatic carbocycles. The molecule has 0 spiro atoms. The van der Waals surface area contributed by atoms with Crippen LogP contribution in [0.25, 0.3) is 11.1 Å². The van der Waals surface area contributed by atoms with Crippen LogP contribution in [0.4, 0.5) is 11.5 Å². The third-order valence-corrected chi connectivity index (χ3v) is 6.55. The lowest BCUT2D eigenvalue weighted by Crippen LogP contribution is -2.25. The summed E-state index contributed by atoms with van der Waals surface area (Å²) in [6, 6.07) is 17.0. The number of halogens is 1. The van der Waals surface area contributed by atoms with Crippen molar-refractivity contribution in [2.75, 3.05) is 11.1 Å². The van der Waals surface area contributed by atoms with Gasteiger partial charge in [-0.3, -0.25) is 4.79 Å². The van der Waals surface area contributed by atoms with Gasteiger partial charge < -0.3 is 16.2 Å². The van der Waals surface area contributed by atoms with Crippen molar-refractivity contribution >= 4 is 46.7 Å². The SMILES string of the molecule is CCC(Sc1nc(N)c(C#N)c(-c2ccccc2)c1C#N)C(=O)Nc1cc(C(=O)O)ccc1Cl. The zero-order valence-corrected chi connectivity index (χ0v) is 19.4. The average molecular weight is 492 g/mol. The number of anilines is 2. The van der Waals surface area contributed by atoms with Gasteiger partial charge in [0.2, 0.25) is 5.91 Å². The lowest BCUT2D eigenvalue weighted by atomic mass is 9.97. The molecule has 8 nitrogen and oxygen atoms in total. The minimum atomic E-state index is -1.15. The van der Waals surface area contributed by atoms with Crippen molar-refractivity contribution in [3.05, 3.63) is 70.2 Å². The van der Waals surface area contributed by atoms with E-state index in [-0.39, 0.29) is 38.2 Å². The van der Waals surface area contributed by atoms with Crippen LogP contribution in [0.3, 0.4) is 0 Å². The van der Waals surface area contributed by atoms with Gasteiger partial charge in [-0.15, -0.1) is 0 Å². The second kappa shape index (κ2) is 10.7. The number of amides is 1. The van der Waals surface area contributed by atoms with Crippen molar-refractivity contribution in [3.8, 4) is 23.3 Å². The van der Waals surface area contributed by atoms with E-state index < -0.39 is 17.1 Å². The van der Waals surface area contributed by atoms with Crippen molar-refractivity contribution in [1.29, 1.82) is 10.5 Å². The summed E-state index contributed by atoms with van der Waals surface area (Å²) in [6.45, 7) is 1.78. The molecule has 1 heterocycles. The fourth-order valence-corrected chi connectivity index (χ4v) is 4.38. The highest BCUT2D eigenvalue weighted by Crippen LogP contribution is 2.37. The summed E-state index contributed by atoms with van der Waals surface area (Å²) in [5.41, 5.74) is 7.38.